The summed E-state index contributed by atoms with van der Waals surface area (Å²) in [4.78, 5) is 30.8. The van der Waals surface area contributed by atoms with E-state index in [9.17, 15) is 9.59 Å². The van der Waals surface area contributed by atoms with Crippen LogP contribution in [0.25, 0.3) is 0 Å². The molecule has 0 saturated heterocycles. The lowest BCUT2D eigenvalue weighted by molar-refractivity contribution is -0.141. The van der Waals surface area contributed by atoms with E-state index in [0.717, 1.165) is 36.1 Å². The Labute approximate surface area is 232 Å². The number of hydrogen-bond acceptors (Lipinski definition) is 7. The van der Waals surface area contributed by atoms with E-state index in [1.807, 2.05) is 47.8 Å². The van der Waals surface area contributed by atoms with Crippen LogP contribution < -0.4 is 24.3 Å². The molecule has 1 atom stereocenters. The summed E-state index contributed by atoms with van der Waals surface area (Å²) >= 11 is 1.52. The molecule has 2 aromatic carbocycles. The Morgan fingerprint density at radius 3 is 2.59 bits per heavy atom. The fourth-order valence-electron chi connectivity index (χ4n) is 5.33. The molecule has 2 aliphatic rings. The average Bonchev–Trinajstić information content (AvgIpc) is 3.65. The molecule has 1 fully saturated rings. The fraction of sp³-hybridized carbons (Fsp3) is 0.400. The predicted molar refractivity (Wildman–Crippen MR) is 148 cm³/mol. The van der Waals surface area contributed by atoms with Crippen molar-refractivity contribution in [1.29, 1.82) is 0 Å². The third kappa shape index (κ3) is 6.14. The lowest BCUT2D eigenvalue weighted by atomic mass is 9.94. The van der Waals surface area contributed by atoms with Crippen LogP contribution >= 0.6 is 11.3 Å². The summed E-state index contributed by atoms with van der Waals surface area (Å²) in [5.74, 6) is 1.83. The molecule has 8 nitrogen and oxygen atoms in total. The quantitative estimate of drug-likeness (QED) is 0.371. The van der Waals surface area contributed by atoms with Crippen LogP contribution in [0, 0.1) is 0 Å². The number of ether oxygens (including phenoxy) is 4. The van der Waals surface area contributed by atoms with Crippen LogP contribution in [0.15, 0.2) is 53.9 Å². The molecule has 1 aliphatic carbocycles. The summed E-state index contributed by atoms with van der Waals surface area (Å²) in [6.07, 6.45) is 5.38. The zero-order valence-electron chi connectivity index (χ0n) is 22.3. The number of carbonyl (C=O) groups excluding carboxylic acids is 2. The summed E-state index contributed by atoms with van der Waals surface area (Å²) in [5.41, 5.74) is 1.40. The number of para-hydroxylation sites is 1. The Morgan fingerprint density at radius 1 is 1.03 bits per heavy atom. The van der Waals surface area contributed by atoms with Crippen LogP contribution in [0.2, 0.25) is 0 Å². The molecule has 9 heteroatoms. The highest BCUT2D eigenvalue weighted by Crippen LogP contribution is 2.39. The number of amides is 2. The number of fused-ring (bicyclic) bond motifs is 1. The number of methoxy groups -OCH3 is 2. The third-order valence-electron chi connectivity index (χ3n) is 7.26. The molecule has 1 saturated carbocycles. The van der Waals surface area contributed by atoms with Gasteiger partial charge < -0.3 is 29.2 Å². The van der Waals surface area contributed by atoms with Gasteiger partial charge in [-0.05, 0) is 48.1 Å². The average molecular weight is 551 g/mol. The van der Waals surface area contributed by atoms with Gasteiger partial charge >= 0.3 is 0 Å². The highest BCUT2D eigenvalue weighted by Gasteiger charge is 2.36. The molecular formula is C30H34N2O6S. The third-order valence-corrected chi connectivity index (χ3v) is 8.13. The number of nitrogens with one attached hydrogen (secondary N) is 1. The molecule has 206 valence electrons. The van der Waals surface area contributed by atoms with Crippen LogP contribution in [0.5, 0.6) is 23.0 Å². The van der Waals surface area contributed by atoms with Gasteiger partial charge in [0.2, 0.25) is 18.6 Å². The second kappa shape index (κ2) is 12.4. The highest BCUT2D eigenvalue weighted by atomic mass is 32.1. The van der Waals surface area contributed by atoms with Crippen molar-refractivity contribution in [3.63, 3.8) is 0 Å². The van der Waals surface area contributed by atoms with E-state index in [-0.39, 0.29) is 37.6 Å². The van der Waals surface area contributed by atoms with Gasteiger partial charge in [-0.3, -0.25) is 9.59 Å². The topological polar surface area (TPSA) is 86.3 Å². The van der Waals surface area contributed by atoms with Crippen LogP contribution in [-0.4, -0.2) is 43.8 Å². The molecular weight excluding hydrogens is 516 g/mol. The Bertz CT molecular complexity index is 1290. The molecule has 1 N–H and O–H groups in total. The molecule has 3 aromatic rings. The maximum Gasteiger partial charge on any atom is 0.247 e. The summed E-state index contributed by atoms with van der Waals surface area (Å²) in [5, 5.41) is 5.20. The minimum Gasteiger partial charge on any atom is -0.493 e. The van der Waals surface area contributed by atoms with Crippen molar-refractivity contribution in [2.24, 2.45) is 0 Å². The zero-order chi connectivity index (χ0) is 27.2. The van der Waals surface area contributed by atoms with Gasteiger partial charge in [-0.15, -0.1) is 11.3 Å². The molecule has 2 amide bonds. The Balaban J connectivity index is 1.56. The molecule has 1 aliphatic heterocycles. The number of hydrogen-bond donors (Lipinski definition) is 1. The van der Waals surface area contributed by atoms with E-state index in [0.29, 0.717) is 28.6 Å². The summed E-state index contributed by atoms with van der Waals surface area (Å²) in [6, 6.07) is 14.0. The van der Waals surface area contributed by atoms with Gasteiger partial charge in [0.25, 0.3) is 0 Å². The molecule has 0 radical (unpaired) electrons. The Kier molecular flexibility index (Phi) is 8.56. The molecule has 1 aromatic heterocycles. The van der Waals surface area contributed by atoms with Crippen molar-refractivity contribution in [2.45, 2.75) is 57.2 Å². The van der Waals surface area contributed by atoms with Gasteiger partial charge in [-0.25, -0.2) is 0 Å². The second-order valence-electron chi connectivity index (χ2n) is 9.79. The first-order valence-corrected chi connectivity index (χ1v) is 14.2. The second-order valence-corrected chi connectivity index (χ2v) is 10.8. The van der Waals surface area contributed by atoms with Crippen molar-refractivity contribution >= 4 is 23.2 Å². The van der Waals surface area contributed by atoms with Gasteiger partial charge in [0.1, 0.15) is 6.04 Å². The van der Waals surface area contributed by atoms with Gasteiger partial charge in [-0.1, -0.05) is 43.5 Å². The van der Waals surface area contributed by atoms with Crippen LogP contribution in [0.4, 0.5) is 0 Å². The van der Waals surface area contributed by atoms with Crippen molar-refractivity contribution in [1.82, 2.24) is 10.2 Å². The van der Waals surface area contributed by atoms with Crippen LogP contribution in [-0.2, 0) is 22.6 Å². The van der Waals surface area contributed by atoms with Crippen molar-refractivity contribution in [3.05, 3.63) is 69.9 Å². The van der Waals surface area contributed by atoms with E-state index in [1.54, 1.807) is 25.2 Å². The predicted octanol–water partition coefficient (Wildman–Crippen LogP) is 5.26. The monoisotopic (exact) mass is 550 g/mol. The molecule has 2 heterocycles. The summed E-state index contributed by atoms with van der Waals surface area (Å²) in [7, 11) is 3.11. The first-order valence-electron chi connectivity index (χ1n) is 13.3. The molecule has 0 spiro atoms. The normalized spacial score (nSPS) is 15.4. The van der Waals surface area contributed by atoms with E-state index in [2.05, 4.69) is 5.32 Å². The van der Waals surface area contributed by atoms with Crippen LogP contribution in [0.1, 0.15) is 54.1 Å². The number of benzene rings is 2. The van der Waals surface area contributed by atoms with Gasteiger partial charge in [0.05, 0.1) is 20.6 Å². The smallest absolute Gasteiger partial charge is 0.247 e. The molecule has 0 bridgehead atoms. The van der Waals surface area contributed by atoms with Gasteiger partial charge in [0.15, 0.2) is 23.0 Å². The maximum absolute atomic E-state index is 14.2. The maximum atomic E-state index is 14.2. The molecule has 39 heavy (non-hydrogen) atoms. The Morgan fingerprint density at radius 2 is 1.85 bits per heavy atom. The number of thiophene rings is 1. The minimum absolute atomic E-state index is 0.0742. The van der Waals surface area contributed by atoms with Crippen molar-refractivity contribution in [3.8, 4) is 23.0 Å². The van der Waals surface area contributed by atoms with Crippen molar-refractivity contribution in [2.75, 3.05) is 21.0 Å². The van der Waals surface area contributed by atoms with E-state index in [4.69, 9.17) is 18.9 Å². The summed E-state index contributed by atoms with van der Waals surface area (Å²) in [6.45, 7) is 0.358. The molecule has 5 rings (SSSR count). The first-order chi connectivity index (χ1) is 19.1. The van der Waals surface area contributed by atoms with Crippen LogP contribution in [0.3, 0.4) is 0 Å². The van der Waals surface area contributed by atoms with Gasteiger partial charge in [0, 0.05) is 23.0 Å². The largest absolute Gasteiger partial charge is 0.493 e. The number of nitrogens with zero attached hydrogens (tertiary/aromatic N) is 1. The fourth-order valence-corrected chi connectivity index (χ4v) is 6.02. The highest BCUT2D eigenvalue weighted by molar-refractivity contribution is 7.10. The van der Waals surface area contributed by atoms with E-state index in [1.165, 1.54) is 17.8 Å². The SMILES string of the molecule is COc1cccc(C(C(=O)NC2CCCCC2)N(Cc2ccc3c(c2)OCO3)C(=O)Cc2cccs2)c1OC. The first kappa shape index (κ1) is 26.9. The Hall–Kier alpha value is -3.72. The van der Waals surface area contributed by atoms with Crippen molar-refractivity contribution < 1.29 is 28.5 Å². The van der Waals surface area contributed by atoms with E-state index >= 15 is 0 Å². The van der Waals surface area contributed by atoms with E-state index < -0.39 is 6.04 Å². The number of carbonyl (C=O) groups is 2. The van der Waals surface area contributed by atoms with Gasteiger partial charge in [-0.2, -0.15) is 0 Å². The zero-order valence-corrected chi connectivity index (χ0v) is 23.1. The lowest BCUT2D eigenvalue weighted by Crippen LogP contribution is -2.47. The minimum atomic E-state index is -0.935. The summed E-state index contributed by atoms with van der Waals surface area (Å²) < 4.78 is 22.4. The number of rotatable bonds is 10. The molecule has 1 unspecified atom stereocenters. The standard InChI is InChI=1S/C30H34N2O6S/c1-35-25-12-6-11-23(29(25)36-2)28(30(34)31-21-8-4-3-5-9-21)32(27(33)17-22-10-7-15-39-22)18-20-13-14-24-26(16-20)38-19-37-24/h6-7,10-16,21,28H,3-5,8-9,17-19H2,1-2H3,(H,31,34). The lowest BCUT2D eigenvalue weighted by Gasteiger charge is -2.34.